The molecule has 1 heterocycles. The van der Waals surface area contributed by atoms with Crippen LogP contribution in [0.4, 0.5) is 0 Å². The van der Waals surface area contributed by atoms with Gasteiger partial charge in [-0.3, -0.25) is 0 Å². The van der Waals surface area contributed by atoms with Gasteiger partial charge in [0.1, 0.15) is 0 Å². The van der Waals surface area contributed by atoms with Crippen molar-refractivity contribution in [1.29, 1.82) is 0 Å². The van der Waals surface area contributed by atoms with Crippen molar-refractivity contribution in [1.82, 2.24) is 10.2 Å². The molecule has 3 nitrogen and oxygen atoms in total. The number of hydrogen-bond donors (Lipinski definition) is 2. The lowest BCUT2D eigenvalue weighted by Crippen LogP contribution is -2.59. The fraction of sp³-hybridized carbons (Fsp3) is 1.00. The molecule has 1 aliphatic carbocycles. The first-order valence-electron chi connectivity index (χ1n) is 7.91. The van der Waals surface area contributed by atoms with Crippen LogP contribution in [0.5, 0.6) is 0 Å². The van der Waals surface area contributed by atoms with Gasteiger partial charge in [0, 0.05) is 11.6 Å². The summed E-state index contributed by atoms with van der Waals surface area (Å²) >= 11 is 0. The van der Waals surface area contributed by atoms with Crippen LogP contribution in [0.2, 0.25) is 0 Å². The Morgan fingerprint density at radius 1 is 1.21 bits per heavy atom. The van der Waals surface area contributed by atoms with E-state index in [0.717, 1.165) is 12.8 Å². The second-order valence-electron chi connectivity index (χ2n) is 8.01. The van der Waals surface area contributed by atoms with Gasteiger partial charge in [-0.1, -0.05) is 20.8 Å². The molecule has 1 aliphatic heterocycles. The number of aliphatic hydroxyl groups excluding tert-OH is 1. The van der Waals surface area contributed by atoms with E-state index >= 15 is 0 Å². The number of nitrogens with one attached hydrogen (secondary N) is 1. The Kier molecular flexibility index (Phi) is 4.59. The molecule has 0 aromatic heterocycles. The van der Waals surface area contributed by atoms with E-state index in [9.17, 15) is 5.11 Å². The normalized spacial score (nSPS) is 37.4. The lowest BCUT2D eigenvalue weighted by molar-refractivity contribution is 0.0225. The van der Waals surface area contributed by atoms with E-state index < -0.39 is 0 Å². The first kappa shape index (κ1) is 15.3. The lowest BCUT2D eigenvalue weighted by atomic mass is 9.64. The van der Waals surface area contributed by atoms with E-state index in [1.807, 2.05) is 0 Å². The minimum Gasteiger partial charge on any atom is -0.394 e. The second kappa shape index (κ2) is 5.71. The maximum Gasteiger partial charge on any atom is 0.0613 e. The van der Waals surface area contributed by atoms with E-state index in [0.29, 0.717) is 17.4 Å². The molecule has 0 aromatic rings. The molecule has 2 aliphatic rings. The van der Waals surface area contributed by atoms with Crippen molar-refractivity contribution in [3.63, 3.8) is 0 Å². The zero-order valence-corrected chi connectivity index (χ0v) is 13.2. The van der Waals surface area contributed by atoms with Gasteiger partial charge in [-0.15, -0.1) is 0 Å². The van der Waals surface area contributed by atoms with Crippen molar-refractivity contribution < 1.29 is 5.11 Å². The third kappa shape index (κ3) is 3.93. The average Bonchev–Trinajstić information content (AvgIpc) is 2.29. The SMILES string of the molecule is CC1CC(C)(C)CC(CO)(NC2CCN(C)CC2)C1. The van der Waals surface area contributed by atoms with Crippen LogP contribution >= 0.6 is 0 Å². The number of nitrogens with zero attached hydrogens (tertiary/aromatic N) is 1. The van der Waals surface area contributed by atoms with Crippen LogP contribution in [0.3, 0.4) is 0 Å². The van der Waals surface area contributed by atoms with E-state index in [1.165, 1.54) is 32.4 Å². The van der Waals surface area contributed by atoms with Crippen molar-refractivity contribution in [3.05, 3.63) is 0 Å². The maximum atomic E-state index is 10.0. The van der Waals surface area contributed by atoms with Gasteiger partial charge in [-0.05, 0) is 63.6 Å². The molecule has 1 saturated heterocycles. The Bertz CT molecular complexity index is 297. The molecule has 2 unspecified atom stereocenters. The Balaban J connectivity index is 2.01. The molecule has 19 heavy (non-hydrogen) atoms. The third-order valence-corrected chi connectivity index (χ3v) is 4.99. The molecule has 0 aromatic carbocycles. The highest BCUT2D eigenvalue weighted by Gasteiger charge is 2.43. The summed E-state index contributed by atoms with van der Waals surface area (Å²) in [6, 6.07) is 0.587. The van der Waals surface area contributed by atoms with Gasteiger partial charge in [0.15, 0.2) is 0 Å². The molecule has 0 spiro atoms. The fourth-order valence-electron chi connectivity index (χ4n) is 4.60. The van der Waals surface area contributed by atoms with Crippen molar-refractivity contribution in [2.45, 2.75) is 64.5 Å². The molecule has 2 N–H and O–H groups in total. The van der Waals surface area contributed by atoms with Gasteiger partial charge in [-0.2, -0.15) is 0 Å². The molecule has 2 rings (SSSR count). The number of rotatable bonds is 3. The van der Waals surface area contributed by atoms with Gasteiger partial charge in [0.05, 0.1) is 6.61 Å². The minimum atomic E-state index is -0.0399. The summed E-state index contributed by atoms with van der Waals surface area (Å²) in [5, 5.41) is 13.9. The molecular weight excluding hydrogens is 236 g/mol. The summed E-state index contributed by atoms with van der Waals surface area (Å²) in [6.45, 7) is 9.68. The minimum absolute atomic E-state index is 0.0399. The van der Waals surface area contributed by atoms with Gasteiger partial charge in [0.25, 0.3) is 0 Å². The Labute approximate surface area is 118 Å². The maximum absolute atomic E-state index is 10.0. The molecule has 112 valence electrons. The Hall–Kier alpha value is -0.120. The summed E-state index contributed by atoms with van der Waals surface area (Å²) in [4.78, 5) is 2.40. The summed E-state index contributed by atoms with van der Waals surface area (Å²) < 4.78 is 0. The fourth-order valence-corrected chi connectivity index (χ4v) is 4.60. The molecule has 2 fully saturated rings. The predicted molar refractivity (Wildman–Crippen MR) is 80.3 cm³/mol. The summed E-state index contributed by atoms with van der Waals surface area (Å²) in [7, 11) is 2.20. The molecule has 0 amide bonds. The lowest BCUT2D eigenvalue weighted by Gasteiger charge is -2.49. The van der Waals surface area contributed by atoms with Gasteiger partial charge in [0.2, 0.25) is 0 Å². The summed E-state index contributed by atoms with van der Waals surface area (Å²) in [5.74, 6) is 0.703. The Morgan fingerprint density at radius 3 is 2.37 bits per heavy atom. The van der Waals surface area contributed by atoms with Crippen molar-refractivity contribution in [2.24, 2.45) is 11.3 Å². The first-order chi connectivity index (χ1) is 8.84. The van der Waals surface area contributed by atoms with Crippen LogP contribution in [-0.2, 0) is 0 Å². The number of aliphatic hydroxyl groups is 1. The van der Waals surface area contributed by atoms with Crippen LogP contribution in [0.1, 0.15) is 52.9 Å². The number of likely N-dealkylation sites (tertiary alicyclic amines) is 1. The molecule has 1 saturated carbocycles. The van der Waals surface area contributed by atoms with Crippen LogP contribution < -0.4 is 5.32 Å². The first-order valence-corrected chi connectivity index (χ1v) is 7.91. The monoisotopic (exact) mass is 268 g/mol. The van der Waals surface area contributed by atoms with Gasteiger partial charge < -0.3 is 15.3 Å². The molecule has 2 atom stereocenters. The number of hydrogen-bond acceptors (Lipinski definition) is 3. The molecule has 0 bridgehead atoms. The summed E-state index contributed by atoms with van der Waals surface area (Å²) in [6.07, 6.45) is 5.94. The van der Waals surface area contributed by atoms with E-state index in [-0.39, 0.29) is 12.1 Å². The average molecular weight is 268 g/mol. The van der Waals surface area contributed by atoms with Crippen LogP contribution in [0.15, 0.2) is 0 Å². The molecule has 0 radical (unpaired) electrons. The highest BCUT2D eigenvalue weighted by atomic mass is 16.3. The third-order valence-electron chi connectivity index (χ3n) is 4.99. The Morgan fingerprint density at radius 2 is 1.84 bits per heavy atom. The van der Waals surface area contributed by atoms with Crippen LogP contribution in [-0.4, -0.2) is 48.3 Å². The zero-order chi connectivity index (χ0) is 14.1. The zero-order valence-electron chi connectivity index (χ0n) is 13.2. The quantitative estimate of drug-likeness (QED) is 0.824. The predicted octanol–water partition coefficient (Wildman–Crippen LogP) is 2.25. The van der Waals surface area contributed by atoms with E-state index in [1.54, 1.807) is 0 Å². The highest BCUT2D eigenvalue weighted by molar-refractivity contribution is 5.00. The number of piperidine rings is 1. The van der Waals surface area contributed by atoms with Crippen molar-refractivity contribution >= 4 is 0 Å². The second-order valence-corrected chi connectivity index (χ2v) is 8.01. The standard InChI is InChI=1S/C16H32N2O/c1-13-9-15(2,3)11-16(10-13,12-19)17-14-5-7-18(4)8-6-14/h13-14,17,19H,5-12H2,1-4H3. The van der Waals surface area contributed by atoms with Gasteiger partial charge >= 0.3 is 0 Å². The summed E-state index contributed by atoms with van der Waals surface area (Å²) in [5.41, 5.74) is 0.306. The van der Waals surface area contributed by atoms with Crippen molar-refractivity contribution in [3.8, 4) is 0 Å². The largest absolute Gasteiger partial charge is 0.394 e. The van der Waals surface area contributed by atoms with Crippen LogP contribution in [0.25, 0.3) is 0 Å². The van der Waals surface area contributed by atoms with E-state index in [2.05, 4.69) is 38.0 Å². The molecular formula is C16H32N2O. The van der Waals surface area contributed by atoms with E-state index in [4.69, 9.17) is 0 Å². The topological polar surface area (TPSA) is 35.5 Å². The highest BCUT2D eigenvalue weighted by Crippen LogP contribution is 2.44. The smallest absolute Gasteiger partial charge is 0.0613 e. The van der Waals surface area contributed by atoms with Crippen LogP contribution in [0, 0.1) is 11.3 Å². The van der Waals surface area contributed by atoms with Gasteiger partial charge in [-0.25, -0.2) is 0 Å². The molecule has 3 heteroatoms. The van der Waals surface area contributed by atoms with Crippen molar-refractivity contribution in [2.75, 3.05) is 26.7 Å².